The van der Waals surface area contributed by atoms with Crippen molar-refractivity contribution in [3.05, 3.63) is 71.8 Å². The van der Waals surface area contributed by atoms with E-state index in [2.05, 4.69) is 66.0 Å². The molecule has 1 N–H and O–H groups in total. The molecule has 2 aromatic rings. The third-order valence-electron chi connectivity index (χ3n) is 11.6. The first-order valence-electron chi connectivity index (χ1n) is 14.7. The second-order valence-corrected chi connectivity index (χ2v) is 12.6. The van der Waals surface area contributed by atoms with Crippen molar-refractivity contribution in [1.82, 2.24) is 5.32 Å². The van der Waals surface area contributed by atoms with Gasteiger partial charge in [-0.2, -0.15) is 0 Å². The lowest BCUT2D eigenvalue weighted by Crippen LogP contribution is -2.54. The van der Waals surface area contributed by atoms with Gasteiger partial charge in [0.05, 0.1) is 0 Å². The van der Waals surface area contributed by atoms with Crippen molar-refractivity contribution in [2.45, 2.75) is 88.5 Å². The highest BCUT2D eigenvalue weighted by Gasteiger charge is 2.65. The van der Waals surface area contributed by atoms with Crippen molar-refractivity contribution in [3.63, 3.8) is 0 Å². The number of benzene rings is 2. The van der Waals surface area contributed by atoms with Crippen molar-refractivity contribution in [1.29, 1.82) is 0 Å². The highest BCUT2D eigenvalue weighted by Crippen LogP contribution is 2.70. The third-order valence-corrected chi connectivity index (χ3v) is 11.6. The van der Waals surface area contributed by atoms with Gasteiger partial charge in [-0.25, -0.2) is 0 Å². The van der Waals surface area contributed by atoms with Crippen molar-refractivity contribution in [2.75, 3.05) is 6.54 Å². The molecule has 180 valence electrons. The van der Waals surface area contributed by atoms with Crippen LogP contribution in [0.15, 0.2) is 60.7 Å². The molecule has 5 fully saturated rings. The van der Waals surface area contributed by atoms with E-state index in [0.717, 1.165) is 47.5 Å². The molecule has 0 amide bonds. The Bertz CT molecular complexity index is 957. The van der Waals surface area contributed by atoms with E-state index in [9.17, 15) is 0 Å². The molecule has 0 bridgehead atoms. The maximum atomic E-state index is 4.23. The monoisotopic (exact) mass is 453 g/mol. The van der Waals surface area contributed by atoms with Crippen molar-refractivity contribution in [2.24, 2.45) is 35.0 Å². The molecule has 0 aromatic heterocycles. The van der Waals surface area contributed by atoms with Crippen LogP contribution in [0.1, 0.15) is 93.6 Å². The summed E-state index contributed by atoms with van der Waals surface area (Å²) in [5.41, 5.74) is 3.92. The molecule has 7 unspecified atom stereocenters. The van der Waals surface area contributed by atoms with E-state index in [-0.39, 0.29) is 0 Å². The number of fused-ring (bicyclic) bond motifs is 3. The summed E-state index contributed by atoms with van der Waals surface area (Å²) in [6, 6.07) is 24.3. The summed E-state index contributed by atoms with van der Waals surface area (Å²) in [6.45, 7) is 1.25. The summed E-state index contributed by atoms with van der Waals surface area (Å²) in [5, 5.41) is 4.23. The Morgan fingerprint density at radius 2 is 1.24 bits per heavy atom. The lowest BCUT2D eigenvalue weighted by atomic mass is 9.48. The molecule has 0 radical (unpaired) electrons. The molecule has 1 heterocycles. The number of piperidine rings is 1. The standard InChI is InChI=1S/C33H43N/c1-3-11-23(12-4-1)26-18-19-27(24-13-5-2-6-14-24)30-29(26)28-17-9-22-34-32(28)31(30)33(20-10-21-33)25-15-7-8-16-25/h1-6,11-14,25-32,34H,7-10,15-22H2. The largest absolute Gasteiger partial charge is 0.313 e. The molecular weight excluding hydrogens is 410 g/mol. The van der Waals surface area contributed by atoms with E-state index in [4.69, 9.17) is 0 Å². The fourth-order valence-corrected chi connectivity index (χ4v) is 10.4. The van der Waals surface area contributed by atoms with Gasteiger partial charge in [0.2, 0.25) is 0 Å². The zero-order chi connectivity index (χ0) is 22.5. The minimum Gasteiger partial charge on any atom is -0.313 e. The number of rotatable bonds is 4. The fourth-order valence-electron chi connectivity index (χ4n) is 10.4. The van der Waals surface area contributed by atoms with Crippen LogP contribution in [0.3, 0.4) is 0 Å². The van der Waals surface area contributed by atoms with Crippen LogP contribution >= 0.6 is 0 Å². The van der Waals surface area contributed by atoms with Gasteiger partial charge in [-0.1, -0.05) is 79.9 Å². The van der Waals surface area contributed by atoms with Crippen LogP contribution in [0.25, 0.3) is 0 Å². The molecule has 2 aromatic carbocycles. The molecule has 1 heteroatoms. The van der Waals surface area contributed by atoms with Gasteiger partial charge in [0.15, 0.2) is 0 Å². The second-order valence-electron chi connectivity index (χ2n) is 12.6. The Hall–Kier alpha value is -1.60. The molecule has 34 heavy (non-hydrogen) atoms. The van der Waals surface area contributed by atoms with E-state index < -0.39 is 0 Å². The Balaban J connectivity index is 1.36. The van der Waals surface area contributed by atoms with Gasteiger partial charge in [0.1, 0.15) is 0 Å². The van der Waals surface area contributed by atoms with Crippen LogP contribution in [-0.2, 0) is 0 Å². The first-order valence-corrected chi connectivity index (χ1v) is 14.7. The van der Waals surface area contributed by atoms with Crippen LogP contribution < -0.4 is 5.32 Å². The Morgan fingerprint density at radius 1 is 0.618 bits per heavy atom. The molecule has 1 aliphatic heterocycles. The molecule has 7 atom stereocenters. The molecule has 0 spiro atoms. The summed E-state index contributed by atoms with van der Waals surface area (Å²) in [5.74, 6) is 5.97. The molecule has 7 rings (SSSR count). The molecule has 5 aliphatic rings. The highest BCUT2D eigenvalue weighted by molar-refractivity contribution is 5.30. The van der Waals surface area contributed by atoms with Gasteiger partial charge in [-0.15, -0.1) is 0 Å². The predicted octanol–water partition coefficient (Wildman–Crippen LogP) is 7.94. The smallest absolute Gasteiger partial charge is 0.0135 e. The van der Waals surface area contributed by atoms with Crippen molar-refractivity contribution in [3.8, 4) is 0 Å². The van der Waals surface area contributed by atoms with Gasteiger partial charge < -0.3 is 5.32 Å². The molecular formula is C33H43N. The number of hydrogen-bond donors (Lipinski definition) is 1. The Labute approximate surface area is 207 Å². The molecule has 4 aliphatic carbocycles. The predicted molar refractivity (Wildman–Crippen MR) is 141 cm³/mol. The Kier molecular flexibility index (Phi) is 5.61. The number of hydrogen-bond acceptors (Lipinski definition) is 1. The minimum absolute atomic E-state index is 0.634. The average molecular weight is 454 g/mol. The third kappa shape index (κ3) is 3.29. The normalized spacial score (nSPS) is 39.2. The van der Waals surface area contributed by atoms with E-state index in [1.807, 2.05) is 0 Å². The summed E-state index contributed by atoms with van der Waals surface area (Å²) < 4.78 is 0. The van der Waals surface area contributed by atoms with Crippen molar-refractivity contribution < 1.29 is 0 Å². The average Bonchev–Trinajstić information content (AvgIpc) is 3.52. The summed E-state index contributed by atoms with van der Waals surface area (Å²) in [4.78, 5) is 0. The van der Waals surface area contributed by atoms with Crippen molar-refractivity contribution >= 4 is 0 Å². The van der Waals surface area contributed by atoms with Gasteiger partial charge in [0.25, 0.3) is 0 Å². The van der Waals surface area contributed by atoms with E-state index in [0.29, 0.717) is 5.41 Å². The Morgan fingerprint density at radius 3 is 1.82 bits per heavy atom. The maximum absolute atomic E-state index is 4.23. The summed E-state index contributed by atoms with van der Waals surface area (Å²) in [7, 11) is 0. The van der Waals surface area contributed by atoms with Gasteiger partial charge in [-0.3, -0.25) is 0 Å². The second kappa shape index (κ2) is 8.81. The van der Waals surface area contributed by atoms with E-state index in [1.54, 1.807) is 11.1 Å². The lowest BCUT2D eigenvalue weighted by molar-refractivity contribution is -0.0604. The maximum Gasteiger partial charge on any atom is 0.0135 e. The molecule has 1 nitrogen and oxygen atoms in total. The summed E-state index contributed by atoms with van der Waals surface area (Å²) >= 11 is 0. The van der Waals surface area contributed by atoms with Crippen LogP contribution in [0.5, 0.6) is 0 Å². The van der Waals surface area contributed by atoms with Crippen LogP contribution in [0, 0.1) is 35.0 Å². The van der Waals surface area contributed by atoms with Crippen LogP contribution in [0.4, 0.5) is 0 Å². The topological polar surface area (TPSA) is 12.0 Å². The SMILES string of the molecule is c1ccc(C2CCC(c3ccccc3)C3C2C2CCCNC2C3C2(C3CCCC3)CCC2)cc1. The van der Waals surface area contributed by atoms with Crippen LogP contribution in [0.2, 0.25) is 0 Å². The quantitative estimate of drug-likeness (QED) is 0.495. The van der Waals surface area contributed by atoms with E-state index >= 15 is 0 Å². The summed E-state index contributed by atoms with van der Waals surface area (Å²) in [6.07, 6.45) is 16.1. The zero-order valence-electron chi connectivity index (χ0n) is 20.9. The van der Waals surface area contributed by atoms with E-state index in [1.165, 1.54) is 77.2 Å². The van der Waals surface area contributed by atoms with Gasteiger partial charge in [0, 0.05) is 6.04 Å². The number of nitrogens with one attached hydrogen (secondary N) is 1. The van der Waals surface area contributed by atoms with Gasteiger partial charge in [-0.05, 0) is 116 Å². The zero-order valence-corrected chi connectivity index (χ0v) is 20.9. The highest BCUT2D eigenvalue weighted by atomic mass is 15.0. The molecule has 4 saturated carbocycles. The minimum atomic E-state index is 0.634. The van der Waals surface area contributed by atoms with Crippen LogP contribution in [-0.4, -0.2) is 12.6 Å². The first-order chi connectivity index (χ1) is 16.9. The fraction of sp³-hybridized carbons (Fsp3) is 0.636. The molecule has 1 saturated heterocycles. The lowest BCUT2D eigenvalue weighted by Gasteiger charge is -2.57. The first kappa shape index (κ1) is 21.7. The van der Waals surface area contributed by atoms with Gasteiger partial charge >= 0.3 is 0 Å².